The van der Waals surface area contributed by atoms with Gasteiger partial charge in [-0.3, -0.25) is 0 Å². The van der Waals surface area contributed by atoms with Crippen LogP contribution in [0.1, 0.15) is 33.6 Å². The number of halogens is 1. The van der Waals surface area contributed by atoms with Gasteiger partial charge in [0.1, 0.15) is 17.2 Å². The van der Waals surface area contributed by atoms with E-state index in [1.807, 2.05) is 26.8 Å². The first-order valence-electron chi connectivity index (χ1n) is 9.37. The van der Waals surface area contributed by atoms with Crippen LogP contribution in [0, 0.1) is 11.7 Å². The van der Waals surface area contributed by atoms with Crippen molar-refractivity contribution < 1.29 is 18.3 Å². The zero-order valence-corrected chi connectivity index (χ0v) is 16.1. The normalized spacial score (nSPS) is 15.6. The van der Waals surface area contributed by atoms with Crippen LogP contribution in [-0.2, 0) is 4.74 Å². The number of furan rings is 1. The van der Waals surface area contributed by atoms with E-state index in [9.17, 15) is 9.18 Å². The van der Waals surface area contributed by atoms with Crippen LogP contribution >= 0.6 is 0 Å². The monoisotopic (exact) mass is 374 g/mol. The van der Waals surface area contributed by atoms with Crippen molar-refractivity contribution in [2.45, 2.75) is 39.2 Å². The van der Waals surface area contributed by atoms with Crippen LogP contribution < -0.4 is 5.32 Å². The lowest BCUT2D eigenvalue weighted by atomic mass is 9.96. The molecule has 1 amide bonds. The first kappa shape index (κ1) is 19.3. The van der Waals surface area contributed by atoms with E-state index in [2.05, 4.69) is 5.32 Å². The van der Waals surface area contributed by atoms with Crippen molar-refractivity contribution in [3.8, 4) is 11.3 Å². The van der Waals surface area contributed by atoms with E-state index < -0.39 is 5.60 Å². The molecule has 27 heavy (non-hydrogen) atoms. The van der Waals surface area contributed by atoms with Crippen molar-refractivity contribution >= 4 is 11.8 Å². The molecule has 0 aliphatic carbocycles. The smallest absolute Gasteiger partial charge is 0.410 e. The number of ether oxygens (including phenoxy) is 1. The molecule has 1 aromatic heterocycles. The minimum atomic E-state index is -0.472. The number of rotatable bonds is 4. The van der Waals surface area contributed by atoms with Crippen molar-refractivity contribution in [1.29, 1.82) is 0 Å². The SMILES string of the molecule is CC(C)(C)OC(=O)N1CCC(CNc2ccc(F)cc2-c2ccco2)CC1. The fraction of sp³-hybridized carbons (Fsp3) is 0.476. The number of carbonyl (C=O) groups is 1. The highest BCUT2D eigenvalue weighted by molar-refractivity contribution is 5.74. The number of nitrogens with zero attached hydrogens (tertiary/aromatic N) is 1. The predicted molar refractivity (Wildman–Crippen MR) is 103 cm³/mol. The van der Waals surface area contributed by atoms with Gasteiger partial charge in [-0.25, -0.2) is 9.18 Å². The highest BCUT2D eigenvalue weighted by Crippen LogP contribution is 2.30. The number of hydrogen-bond donors (Lipinski definition) is 1. The molecule has 0 spiro atoms. The Morgan fingerprint density at radius 3 is 2.67 bits per heavy atom. The van der Waals surface area contributed by atoms with Gasteiger partial charge in [0, 0.05) is 30.9 Å². The van der Waals surface area contributed by atoms with Crippen molar-refractivity contribution in [1.82, 2.24) is 4.90 Å². The Morgan fingerprint density at radius 2 is 2.04 bits per heavy atom. The maximum Gasteiger partial charge on any atom is 0.410 e. The average molecular weight is 374 g/mol. The Balaban J connectivity index is 1.55. The molecule has 1 aliphatic rings. The Kier molecular flexibility index (Phi) is 5.73. The molecule has 146 valence electrons. The molecule has 0 radical (unpaired) electrons. The lowest BCUT2D eigenvalue weighted by Crippen LogP contribution is -2.42. The van der Waals surface area contributed by atoms with E-state index >= 15 is 0 Å². The minimum absolute atomic E-state index is 0.243. The Morgan fingerprint density at radius 1 is 1.30 bits per heavy atom. The molecule has 0 unspecified atom stereocenters. The molecule has 2 aromatic rings. The maximum absolute atomic E-state index is 13.7. The van der Waals surface area contributed by atoms with Gasteiger partial charge in [-0.15, -0.1) is 0 Å². The Hall–Kier alpha value is -2.50. The summed E-state index contributed by atoms with van der Waals surface area (Å²) in [5.41, 5.74) is 1.09. The van der Waals surface area contributed by atoms with E-state index in [1.165, 1.54) is 12.1 Å². The molecular formula is C21H27FN2O3. The molecule has 1 aromatic carbocycles. The van der Waals surface area contributed by atoms with Gasteiger partial charge >= 0.3 is 6.09 Å². The zero-order valence-electron chi connectivity index (χ0n) is 16.1. The molecule has 5 nitrogen and oxygen atoms in total. The molecule has 2 heterocycles. The van der Waals surface area contributed by atoms with Crippen LogP contribution in [0.5, 0.6) is 0 Å². The largest absolute Gasteiger partial charge is 0.464 e. The van der Waals surface area contributed by atoms with E-state index in [4.69, 9.17) is 9.15 Å². The number of nitrogens with one attached hydrogen (secondary N) is 1. The third-order valence-electron chi connectivity index (χ3n) is 4.62. The summed E-state index contributed by atoms with van der Waals surface area (Å²) in [6, 6.07) is 8.27. The summed E-state index contributed by atoms with van der Waals surface area (Å²) in [6.45, 7) is 7.77. The summed E-state index contributed by atoms with van der Waals surface area (Å²) in [5, 5.41) is 3.42. The summed E-state index contributed by atoms with van der Waals surface area (Å²) in [5.74, 6) is 0.785. The topological polar surface area (TPSA) is 54.7 Å². The number of likely N-dealkylation sites (tertiary alicyclic amines) is 1. The van der Waals surface area contributed by atoms with Gasteiger partial charge in [-0.2, -0.15) is 0 Å². The van der Waals surface area contributed by atoms with E-state index in [0.29, 0.717) is 30.3 Å². The molecule has 1 saturated heterocycles. The molecular weight excluding hydrogens is 347 g/mol. The maximum atomic E-state index is 13.7. The first-order valence-corrected chi connectivity index (χ1v) is 9.37. The lowest BCUT2D eigenvalue weighted by molar-refractivity contribution is 0.0188. The second-order valence-corrected chi connectivity index (χ2v) is 7.96. The minimum Gasteiger partial charge on any atom is -0.464 e. The zero-order chi connectivity index (χ0) is 19.4. The van der Waals surface area contributed by atoms with Crippen molar-refractivity contribution in [2.75, 3.05) is 25.0 Å². The second kappa shape index (κ2) is 8.03. The van der Waals surface area contributed by atoms with E-state index in [1.54, 1.807) is 23.3 Å². The second-order valence-electron chi connectivity index (χ2n) is 7.96. The third-order valence-corrected chi connectivity index (χ3v) is 4.62. The highest BCUT2D eigenvalue weighted by Gasteiger charge is 2.26. The van der Waals surface area contributed by atoms with Gasteiger partial charge in [0.2, 0.25) is 0 Å². The highest BCUT2D eigenvalue weighted by atomic mass is 19.1. The Bertz CT molecular complexity index is 760. The van der Waals surface area contributed by atoms with Gasteiger partial charge in [-0.1, -0.05) is 0 Å². The standard InChI is InChI=1S/C21H27FN2O3/c1-21(2,3)27-20(25)24-10-8-15(9-11-24)14-23-18-7-6-16(22)13-17(18)19-5-4-12-26-19/h4-7,12-13,15,23H,8-11,14H2,1-3H3. The van der Waals surface area contributed by atoms with Crippen molar-refractivity contribution in [3.63, 3.8) is 0 Å². The summed E-state index contributed by atoms with van der Waals surface area (Å²) in [7, 11) is 0. The molecule has 1 fully saturated rings. The fourth-order valence-corrected chi connectivity index (χ4v) is 3.21. The number of carbonyl (C=O) groups excluding carboxylic acids is 1. The van der Waals surface area contributed by atoms with Crippen LogP contribution in [0.25, 0.3) is 11.3 Å². The lowest BCUT2D eigenvalue weighted by Gasteiger charge is -2.33. The van der Waals surface area contributed by atoms with Gasteiger partial charge < -0.3 is 19.4 Å². The number of benzene rings is 1. The van der Waals surface area contributed by atoms with Crippen LogP contribution in [-0.4, -0.2) is 36.2 Å². The van der Waals surface area contributed by atoms with Crippen molar-refractivity contribution in [3.05, 3.63) is 42.4 Å². The molecule has 0 bridgehead atoms. The first-order chi connectivity index (χ1) is 12.8. The van der Waals surface area contributed by atoms with Gasteiger partial charge in [0.25, 0.3) is 0 Å². The molecule has 1 N–H and O–H groups in total. The summed E-state index contributed by atoms with van der Waals surface area (Å²) >= 11 is 0. The summed E-state index contributed by atoms with van der Waals surface area (Å²) < 4.78 is 24.5. The van der Waals surface area contributed by atoms with Crippen LogP contribution in [0.4, 0.5) is 14.9 Å². The summed E-state index contributed by atoms with van der Waals surface area (Å²) in [6.07, 6.45) is 3.15. The third kappa shape index (κ3) is 5.25. The van der Waals surface area contributed by atoms with Gasteiger partial charge in [0.05, 0.1) is 6.26 Å². The molecule has 0 atom stereocenters. The molecule has 0 saturated carbocycles. The quantitative estimate of drug-likeness (QED) is 0.805. The van der Waals surface area contributed by atoms with E-state index in [0.717, 1.165) is 25.1 Å². The van der Waals surface area contributed by atoms with Crippen LogP contribution in [0.3, 0.4) is 0 Å². The van der Waals surface area contributed by atoms with E-state index in [-0.39, 0.29) is 11.9 Å². The van der Waals surface area contributed by atoms with Crippen LogP contribution in [0.15, 0.2) is 41.0 Å². The number of piperidine rings is 1. The molecule has 3 rings (SSSR count). The molecule has 1 aliphatic heterocycles. The fourth-order valence-electron chi connectivity index (χ4n) is 3.21. The van der Waals surface area contributed by atoms with Gasteiger partial charge in [0.15, 0.2) is 0 Å². The van der Waals surface area contributed by atoms with Crippen LogP contribution in [0.2, 0.25) is 0 Å². The van der Waals surface area contributed by atoms with Crippen molar-refractivity contribution in [2.24, 2.45) is 5.92 Å². The average Bonchev–Trinajstić information content (AvgIpc) is 3.14. The molecule has 6 heteroatoms. The van der Waals surface area contributed by atoms with Gasteiger partial charge in [-0.05, 0) is 69.9 Å². The predicted octanol–water partition coefficient (Wildman–Crippen LogP) is 5.14. The Labute approximate surface area is 159 Å². The number of amides is 1. The number of hydrogen-bond acceptors (Lipinski definition) is 4. The number of anilines is 1. The summed E-state index contributed by atoms with van der Waals surface area (Å²) in [4.78, 5) is 13.9.